The van der Waals surface area contributed by atoms with Crippen molar-refractivity contribution in [3.8, 4) is 12.3 Å². The van der Waals surface area contributed by atoms with E-state index in [0.717, 1.165) is 0 Å². The summed E-state index contributed by atoms with van der Waals surface area (Å²) in [5.41, 5.74) is 0.796. The Balaban J connectivity index is 2.60. The highest BCUT2D eigenvalue weighted by molar-refractivity contribution is 7.83. The van der Waals surface area contributed by atoms with Gasteiger partial charge in [0.05, 0.1) is 15.3 Å². The van der Waals surface area contributed by atoms with Crippen molar-refractivity contribution in [3.05, 3.63) is 35.4 Å². The van der Waals surface area contributed by atoms with E-state index in [2.05, 4.69) is 0 Å². The first-order valence-electron chi connectivity index (χ1n) is 6.13. The molecule has 1 aliphatic carbocycles. The molecule has 0 spiro atoms. The summed E-state index contributed by atoms with van der Waals surface area (Å²) >= 11 is 0. The van der Waals surface area contributed by atoms with Gasteiger partial charge in [0.25, 0.3) is 0 Å². The lowest BCUT2D eigenvalue weighted by Gasteiger charge is -2.30. The SMILES string of the molecule is [2H]C([2H])(C#C)N(C1c2ccccc2CC1[18F])S(=O)(=O)[O-]. The maximum atomic E-state index is 14.1. The summed E-state index contributed by atoms with van der Waals surface area (Å²) in [6, 6.07) is 4.73. The summed E-state index contributed by atoms with van der Waals surface area (Å²) in [5.74, 6) is 1.59. The molecule has 1 aromatic carbocycles. The predicted molar refractivity (Wildman–Crippen MR) is 63.0 cm³/mol. The van der Waals surface area contributed by atoms with Crippen molar-refractivity contribution in [2.45, 2.75) is 18.6 Å². The van der Waals surface area contributed by atoms with Gasteiger partial charge in [0.1, 0.15) is 6.17 Å². The normalized spacial score (nSPS) is 25.2. The van der Waals surface area contributed by atoms with Gasteiger partial charge in [0.2, 0.25) is 0 Å². The number of fused-ring (bicyclic) bond motifs is 1. The second-order valence-corrected chi connectivity index (χ2v) is 5.12. The van der Waals surface area contributed by atoms with E-state index < -0.39 is 29.0 Å². The summed E-state index contributed by atoms with van der Waals surface area (Å²) in [7, 11) is -5.27. The van der Waals surface area contributed by atoms with Gasteiger partial charge < -0.3 is 4.55 Å². The van der Waals surface area contributed by atoms with E-state index in [4.69, 9.17) is 9.16 Å². The Labute approximate surface area is 108 Å². The number of halogens is 1. The molecule has 0 N–H and O–H groups in total. The van der Waals surface area contributed by atoms with Gasteiger partial charge in [-0.1, -0.05) is 30.2 Å². The fraction of sp³-hybridized carbons (Fsp3) is 0.333. The van der Waals surface area contributed by atoms with Crippen molar-refractivity contribution in [3.63, 3.8) is 0 Å². The van der Waals surface area contributed by atoms with Gasteiger partial charge in [-0.15, -0.1) is 6.42 Å². The molecule has 0 heterocycles. The maximum absolute atomic E-state index is 14.1. The zero-order valence-electron chi connectivity index (χ0n) is 11.2. The van der Waals surface area contributed by atoms with Crippen LogP contribution >= 0.6 is 0 Å². The van der Waals surface area contributed by atoms with Crippen LogP contribution in [0, 0.1) is 12.3 Å². The monoisotopic (exact) mass is 269 g/mol. The van der Waals surface area contributed by atoms with Crippen LogP contribution in [0.15, 0.2) is 24.3 Å². The smallest absolute Gasteiger partial charge is 0.163 e. The number of benzene rings is 1. The van der Waals surface area contributed by atoms with Gasteiger partial charge >= 0.3 is 0 Å². The van der Waals surface area contributed by atoms with E-state index in [9.17, 15) is 17.4 Å². The van der Waals surface area contributed by atoms with Crippen LogP contribution < -0.4 is 0 Å². The average Bonchev–Trinajstić information content (AvgIpc) is 2.65. The molecule has 18 heavy (non-hydrogen) atoms. The lowest BCUT2D eigenvalue weighted by molar-refractivity contribution is 0.194. The molecule has 1 aromatic rings. The molecule has 4 nitrogen and oxygen atoms in total. The number of hydrogen-bond donors (Lipinski definition) is 0. The quantitative estimate of drug-likeness (QED) is 0.608. The lowest BCUT2D eigenvalue weighted by atomic mass is 10.1. The minimum Gasteiger partial charge on any atom is -0.735 e. The van der Waals surface area contributed by atoms with Gasteiger partial charge in [-0.05, 0) is 11.1 Å². The number of alkyl halides is 1. The Hall–Kier alpha value is -1.42. The molecule has 1 aliphatic rings. The third-order valence-corrected chi connectivity index (χ3v) is 3.60. The van der Waals surface area contributed by atoms with Gasteiger partial charge in [0.15, 0.2) is 10.3 Å². The van der Waals surface area contributed by atoms with Gasteiger partial charge in [-0.25, -0.2) is 12.8 Å². The van der Waals surface area contributed by atoms with Crippen LogP contribution in [0.1, 0.15) is 19.9 Å². The largest absolute Gasteiger partial charge is 0.735 e. The zero-order chi connectivity index (χ0) is 15.1. The van der Waals surface area contributed by atoms with Crippen LogP contribution in [-0.4, -0.2) is 29.9 Å². The number of hydrogen-bond acceptors (Lipinski definition) is 3. The molecule has 2 atom stereocenters. The molecule has 6 heteroatoms. The second-order valence-electron chi connectivity index (χ2n) is 3.87. The summed E-state index contributed by atoms with van der Waals surface area (Å²) in [5, 5.41) is 0. The summed E-state index contributed by atoms with van der Waals surface area (Å²) in [6.07, 6.45) is 3.13. The topological polar surface area (TPSA) is 60.4 Å². The molecular formula is C12H11FNO3S-. The highest BCUT2D eigenvalue weighted by atomic mass is 32.2. The zero-order valence-corrected chi connectivity index (χ0v) is 10.0. The molecule has 2 unspecified atom stereocenters. The minimum atomic E-state index is -5.27. The van der Waals surface area contributed by atoms with Crippen molar-refractivity contribution >= 4 is 10.3 Å². The van der Waals surface area contributed by atoms with Crippen LogP contribution in [0.2, 0.25) is 0 Å². The molecule has 0 aromatic heterocycles. The van der Waals surface area contributed by atoms with E-state index in [1.165, 1.54) is 6.07 Å². The molecule has 0 saturated carbocycles. The number of rotatable bonds is 3. The molecule has 0 saturated heterocycles. The number of nitrogens with zero attached hydrogens (tertiary/aromatic N) is 1. The fourth-order valence-corrected chi connectivity index (χ4v) is 2.81. The van der Waals surface area contributed by atoms with E-state index in [1.807, 2.05) is 0 Å². The highest BCUT2D eigenvalue weighted by Crippen LogP contribution is 2.38. The molecular weight excluding hydrogens is 256 g/mol. The van der Waals surface area contributed by atoms with Gasteiger partial charge in [-0.3, -0.25) is 0 Å². The Kier molecular flexibility index (Phi) is 2.73. The predicted octanol–water partition coefficient (Wildman–Crippen LogP) is 1.02. The van der Waals surface area contributed by atoms with Gasteiger partial charge in [-0.2, -0.15) is 4.31 Å². The summed E-state index contributed by atoms with van der Waals surface area (Å²) in [6.45, 7) is -2.90. The fourth-order valence-electron chi connectivity index (χ4n) is 2.13. The summed E-state index contributed by atoms with van der Waals surface area (Å²) in [4.78, 5) is 0. The minimum absolute atomic E-state index is 0.0898. The highest BCUT2D eigenvalue weighted by Gasteiger charge is 2.38. The van der Waals surface area contributed by atoms with Crippen LogP contribution in [0.5, 0.6) is 0 Å². The molecule has 0 amide bonds. The molecule has 0 radical (unpaired) electrons. The van der Waals surface area contributed by atoms with Crippen molar-refractivity contribution in [1.29, 1.82) is 0 Å². The third kappa shape index (κ3) is 2.25. The first kappa shape index (κ1) is 10.5. The Bertz CT molecular complexity index is 672. The standard InChI is InChI=1S/C12H12FNO3S/c1-2-7-14(18(15,16)17)12-10-6-4-3-5-9(10)8-11(12)13/h1,3-6,11-12H,7-8H2,(H,15,16,17)/p-1/i7D2,13-1. The summed E-state index contributed by atoms with van der Waals surface area (Å²) < 4.78 is 63.1. The average molecular weight is 269 g/mol. The Morgan fingerprint density at radius 1 is 1.61 bits per heavy atom. The molecule has 0 fully saturated rings. The first-order chi connectivity index (χ1) is 9.18. The Morgan fingerprint density at radius 3 is 2.89 bits per heavy atom. The molecule has 96 valence electrons. The third-order valence-electron chi connectivity index (χ3n) is 2.80. The molecule has 0 aliphatic heterocycles. The second kappa shape index (κ2) is 4.69. The van der Waals surface area contributed by atoms with Crippen molar-refractivity contribution in [2.24, 2.45) is 0 Å². The first-order valence-corrected chi connectivity index (χ1v) is 6.50. The van der Waals surface area contributed by atoms with E-state index >= 15 is 0 Å². The maximum Gasteiger partial charge on any atom is 0.163 e. The van der Waals surface area contributed by atoms with Crippen LogP contribution in [0.25, 0.3) is 0 Å². The Morgan fingerprint density at radius 2 is 2.28 bits per heavy atom. The van der Waals surface area contributed by atoms with E-state index in [0.29, 0.717) is 5.56 Å². The number of terminal acetylenes is 1. The van der Waals surface area contributed by atoms with Crippen molar-refractivity contribution in [1.82, 2.24) is 4.31 Å². The molecule has 0 bridgehead atoms. The van der Waals surface area contributed by atoms with Crippen LogP contribution in [0.3, 0.4) is 0 Å². The van der Waals surface area contributed by atoms with Crippen molar-refractivity contribution in [2.75, 3.05) is 6.50 Å². The lowest BCUT2D eigenvalue weighted by Crippen LogP contribution is -2.37. The van der Waals surface area contributed by atoms with E-state index in [-0.39, 0.29) is 16.3 Å². The van der Waals surface area contributed by atoms with Crippen molar-refractivity contribution < 1.29 is 20.1 Å². The van der Waals surface area contributed by atoms with Crippen LogP contribution in [-0.2, 0) is 16.7 Å². The van der Waals surface area contributed by atoms with E-state index in [1.54, 1.807) is 24.1 Å². The molecule has 2 rings (SSSR count). The van der Waals surface area contributed by atoms with Crippen LogP contribution in [0.4, 0.5) is 4.39 Å². The van der Waals surface area contributed by atoms with Gasteiger partial charge in [0, 0.05) is 6.42 Å².